The van der Waals surface area contributed by atoms with Gasteiger partial charge in [-0.15, -0.1) is 0 Å². The van der Waals surface area contributed by atoms with Crippen LogP contribution in [-0.2, 0) is 4.79 Å². The summed E-state index contributed by atoms with van der Waals surface area (Å²) in [4.78, 5) is 30.2. The minimum absolute atomic E-state index is 0.169. The number of carbonyl (C=O) groups is 1. The van der Waals surface area contributed by atoms with Crippen molar-refractivity contribution in [3.8, 4) is 5.82 Å². The van der Waals surface area contributed by atoms with Gasteiger partial charge < -0.3 is 4.90 Å². The van der Waals surface area contributed by atoms with E-state index in [1.165, 1.54) is 0 Å². The van der Waals surface area contributed by atoms with Crippen LogP contribution in [0.15, 0.2) is 24.8 Å². The van der Waals surface area contributed by atoms with E-state index in [0.717, 1.165) is 62.7 Å². The van der Waals surface area contributed by atoms with E-state index in [9.17, 15) is 4.79 Å². The molecule has 2 fully saturated rings. The number of carbonyl (C=O) groups excluding carboxylic acids is 1. The fourth-order valence-electron chi connectivity index (χ4n) is 3.86. The molecule has 4 rings (SSSR count). The highest BCUT2D eigenvalue weighted by molar-refractivity contribution is 5.78. The van der Waals surface area contributed by atoms with E-state index in [-0.39, 0.29) is 11.9 Å². The number of amides is 1. The normalized spacial score (nSPS) is 21.2. The van der Waals surface area contributed by atoms with Crippen LogP contribution in [0.5, 0.6) is 0 Å². The molecule has 2 aromatic heterocycles. The van der Waals surface area contributed by atoms with Crippen molar-refractivity contribution < 1.29 is 4.79 Å². The van der Waals surface area contributed by atoms with Gasteiger partial charge in [-0.1, -0.05) is 0 Å². The summed E-state index contributed by atoms with van der Waals surface area (Å²) >= 11 is 0. The summed E-state index contributed by atoms with van der Waals surface area (Å²) in [5.74, 6) is 1.92. The topological polar surface area (TPSA) is 67.2 Å². The fourth-order valence-corrected chi connectivity index (χ4v) is 3.86. The maximum absolute atomic E-state index is 12.5. The zero-order valence-corrected chi connectivity index (χ0v) is 14.6. The van der Waals surface area contributed by atoms with Crippen molar-refractivity contribution in [3.63, 3.8) is 0 Å². The Balaban J connectivity index is 1.52. The SMILES string of the molecule is Cc1nccn1-c1cncc([C@H]2CCCN2CC(=O)N2CCCC2)n1. The highest BCUT2D eigenvalue weighted by Gasteiger charge is 2.31. The molecule has 0 radical (unpaired) electrons. The maximum Gasteiger partial charge on any atom is 0.236 e. The fraction of sp³-hybridized carbons (Fsp3) is 0.556. The van der Waals surface area contributed by atoms with Gasteiger partial charge in [0.05, 0.1) is 30.7 Å². The van der Waals surface area contributed by atoms with Crippen LogP contribution in [0, 0.1) is 6.92 Å². The first-order chi connectivity index (χ1) is 12.2. The van der Waals surface area contributed by atoms with Crippen LogP contribution in [0.4, 0.5) is 0 Å². The Hall–Kier alpha value is -2.28. The Morgan fingerprint density at radius 2 is 2.04 bits per heavy atom. The molecule has 2 saturated heterocycles. The summed E-state index contributed by atoms with van der Waals surface area (Å²) in [7, 11) is 0. The molecule has 7 nitrogen and oxygen atoms in total. The van der Waals surface area contributed by atoms with Crippen LogP contribution in [0.2, 0.25) is 0 Å². The van der Waals surface area contributed by atoms with Gasteiger partial charge in [0, 0.05) is 25.5 Å². The van der Waals surface area contributed by atoms with Crippen LogP contribution in [-0.4, -0.2) is 61.4 Å². The number of hydrogen-bond donors (Lipinski definition) is 0. The summed E-state index contributed by atoms with van der Waals surface area (Å²) in [5, 5.41) is 0. The number of hydrogen-bond acceptors (Lipinski definition) is 5. The smallest absolute Gasteiger partial charge is 0.236 e. The second kappa shape index (κ2) is 6.92. The molecule has 132 valence electrons. The van der Waals surface area contributed by atoms with Crippen molar-refractivity contribution >= 4 is 5.91 Å². The average molecular weight is 340 g/mol. The Labute approximate surface area is 147 Å². The molecule has 2 aliphatic heterocycles. The monoisotopic (exact) mass is 340 g/mol. The summed E-state index contributed by atoms with van der Waals surface area (Å²) in [6, 6.07) is 0.169. The number of imidazole rings is 1. The Kier molecular flexibility index (Phi) is 4.48. The van der Waals surface area contributed by atoms with Gasteiger partial charge in [-0.3, -0.25) is 19.2 Å². The van der Waals surface area contributed by atoms with Gasteiger partial charge >= 0.3 is 0 Å². The van der Waals surface area contributed by atoms with Crippen molar-refractivity contribution in [2.45, 2.75) is 38.6 Å². The van der Waals surface area contributed by atoms with Gasteiger partial charge in [0.1, 0.15) is 5.82 Å². The van der Waals surface area contributed by atoms with Crippen LogP contribution in [0.1, 0.15) is 43.2 Å². The lowest BCUT2D eigenvalue weighted by atomic mass is 10.1. The molecule has 0 aliphatic carbocycles. The molecule has 0 aromatic carbocycles. The molecule has 7 heteroatoms. The molecule has 0 bridgehead atoms. The molecule has 1 amide bonds. The van der Waals surface area contributed by atoms with E-state index in [4.69, 9.17) is 4.98 Å². The molecule has 1 atom stereocenters. The Bertz CT molecular complexity index is 752. The van der Waals surface area contributed by atoms with Gasteiger partial charge in [-0.05, 0) is 39.2 Å². The van der Waals surface area contributed by atoms with Crippen molar-refractivity contribution in [2.24, 2.45) is 0 Å². The van der Waals surface area contributed by atoms with Gasteiger partial charge in [0.2, 0.25) is 5.91 Å². The van der Waals surface area contributed by atoms with Crippen LogP contribution >= 0.6 is 0 Å². The number of nitrogens with zero attached hydrogens (tertiary/aromatic N) is 6. The van der Waals surface area contributed by atoms with E-state index in [1.54, 1.807) is 12.4 Å². The molecular weight excluding hydrogens is 316 g/mol. The molecule has 0 saturated carbocycles. The highest BCUT2D eigenvalue weighted by atomic mass is 16.2. The molecule has 2 aliphatic rings. The van der Waals surface area contributed by atoms with Crippen molar-refractivity contribution in [1.29, 1.82) is 0 Å². The van der Waals surface area contributed by atoms with E-state index in [2.05, 4.69) is 14.9 Å². The van der Waals surface area contributed by atoms with E-state index in [1.807, 2.05) is 28.8 Å². The minimum atomic E-state index is 0.169. The minimum Gasteiger partial charge on any atom is -0.342 e. The zero-order chi connectivity index (χ0) is 17.2. The predicted molar refractivity (Wildman–Crippen MR) is 93.3 cm³/mol. The van der Waals surface area contributed by atoms with E-state index < -0.39 is 0 Å². The molecule has 25 heavy (non-hydrogen) atoms. The van der Waals surface area contributed by atoms with Gasteiger partial charge in [-0.2, -0.15) is 0 Å². The first kappa shape index (κ1) is 16.2. The zero-order valence-electron chi connectivity index (χ0n) is 14.6. The molecular formula is C18H24N6O. The summed E-state index contributed by atoms with van der Waals surface area (Å²) < 4.78 is 1.94. The van der Waals surface area contributed by atoms with Crippen molar-refractivity contribution in [3.05, 3.63) is 36.3 Å². The lowest BCUT2D eigenvalue weighted by Crippen LogP contribution is -2.38. The molecule has 0 N–H and O–H groups in total. The van der Waals surface area contributed by atoms with Crippen LogP contribution in [0.3, 0.4) is 0 Å². The van der Waals surface area contributed by atoms with Crippen LogP contribution < -0.4 is 0 Å². The largest absolute Gasteiger partial charge is 0.342 e. The first-order valence-corrected chi connectivity index (χ1v) is 9.06. The van der Waals surface area contributed by atoms with E-state index >= 15 is 0 Å². The predicted octanol–water partition coefficient (Wildman–Crippen LogP) is 1.73. The standard InChI is InChI=1S/C18H24N6O/c1-14-20-6-10-24(14)17-12-19-11-15(21-17)16-5-4-9-23(16)13-18(25)22-7-2-3-8-22/h6,10-12,16H,2-5,7-9,13H2,1H3/t16-/m1/s1. The van der Waals surface area contributed by atoms with Crippen molar-refractivity contribution in [2.75, 3.05) is 26.2 Å². The lowest BCUT2D eigenvalue weighted by Gasteiger charge is -2.26. The van der Waals surface area contributed by atoms with Gasteiger partial charge in [0.15, 0.2) is 5.82 Å². The second-order valence-corrected chi connectivity index (χ2v) is 6.86. The molecule has 0 spiro atoms. The average Bonchev–Trinajstić information content (AvgIpc) is 3.36. The number of aryl methyl sites for hydroxylation is 1. The number of rotatable bonds is 4. The van der Waals surface area contributed by atoms with E-state index in [0.29, 0.717) is 6.54 Å². The number of likely N-dealkylation sites (tertiary alicyclic amines) is 2. The second-order valence-electron chi connectivity index (χ2n) is 6.86. The van der Waals surface area contributed by atoms with Crippen LogP contribution in [0.25, 0.3) is 5.82 Å². The third-order valence-electron chi connectivity index (χ3n) is 5.22. The molecule has 4 heterocycles. The summed E-state index contributed by atoms with van der Waals surface area (Å²) in [6.07, 6.45) is 11.6. The third kappa shape index (κ3) is 3.28. The lowest BCUT2D eigenvalue weighted by molar-refractivity contribution is -0.131. The molecule has 0 unspecified atom stereocenters. The third-order valence-corrected chi connectivity index (χ3v) is 5.22. The number of aromatic nitrogens is 4. The summed E-state index contributed by atoms with van der Waals surface area (Å²) in [6.45, 7) is 5.20. The van der Waals surface area contributed by atoms with Crippen molar-refractivity contribution in [1.82, 2.24) is 29.3 Å². The van der Waals surface area contributed by atoms with Gasteiger partial charge in [-0.25, -0.2) is 9.97 Å². The quantitative estimate of drug-likeness (QED) is 0.848. The first-order valence-electron chi connectivity index (χ1n) is 9.06. The molecule has 2 aromatic rings. The Morgan fingerprint density at radius 1 is 1.20 bits per heavy atom. The highest BCUT2D eigenvalue weighted by Crippen LogP contribution is 2.30. The maximum atomic E-state index is 12.5. The Morgan fingerprint density at radius 3 is 2.80 bits per heavy atom. The summed E-state index contributed by atoms with van der Waals surface area (Å²) in [5.41, 5.74) is 0.942. The van der Waals surface area contributed by atoms with Gasteiger partial charge in [0.25, 0.3) is 0 Å².